The summed E-state index contributed by atoms with van der Waals surface area (Å²) >= 11 is 0. The summed E-state index contributed by atoms with van der Waals surface area (Å²) in [5, 5.41) is 6.87. The molecular weight excluding hydrogens is 322 g/mol. The first-order valence-corrected chi connectivity index (χ1v) is 10.5. The van der Waals surface area contributed by atoms with Gasteiger partial charge in [0.15, 0.2) is 5.96 Å². The lowest BCUT2D eigenvalue weighted by atomic mass is 9.58. The maximum Gasteiger partial charge on any atom is 0.191 e. The standard InChI is InChI=1S/C18H37N3O2S/c1-8-18(9-2)14(13-15(18)23-10-3)21-16(19-7)20-11-12-24(22)17(4,5)6/h14-15H,8-13H2,1-7H3,(H2,19,20,21). The fourth-order valence-corrected chi connectivity index (χ4v) is 4.41. The minimum absolute atomic E-state index is 0.170. The average Bonchev–Trinajstić information content (AvgIpc) is 2.52. The highest BCUT2D eigenvalue weighted by atomic mass is 32.2. The minimum Gasteiger partial charge on any atom is -0.378 e. The smallest absolute Gasteiger partial charge is 0.191 e. The van der Waals surface area contributed by atoms with Crippen molar-refractivity contribution in [3.8, 4) is 0 Å². The minimum atomic E-state index is -0.848. The predicted octanol–water partition coefficient (Wildman–Crippen LogP) is 2.68. The van der Waals surface area contributed by atoms with Gasteiger partial charge in [-0.1, -0.05) is 13.8 Å². The molecule has 0 aromatic heterocycles. The van der Waals surface area contributed by atoms with Crippen LogP contribution < -0.4 is 10.6 Å². The van der Waals surface area contributed by atoms with Crippen LogP contribution in [0.5, 0.6) is 0 Å². The van der Waals surface area contributed by atoms with Crippen molar-refractivity contribution in [2.24, 2.45) is 10.4 Å². The first-order chi connectivity index (χ1) is 11.2. The number of hydrogen-bond acceptors (Lipinski definition) is 3. The van der Waals surface area contributed by atoms with Gasteiger partial charge in [-0.2, -0.15) is 0 Å². The second kappa shape index (κ2) is 9.18. The van der Waals surface area contributed by atoms with Gasteiger partial charge < -0.3 is 15.4 Å². The van der Waals surface area contributed by atoms with Gasteiger partial charge in [-0.25, -0.2) is 0 Å². The summed E-state index contributed by atoms with van der Waals surface area (Å²) in [7, 11) is 0.938. The van der Waals surface area contributed by atoms with Crippen molar-refractivity contribution in [1.82, 2.24) is 10.6 Å². The molecule has 0 aromatic carbocycles. The third kappa shape index (κ3) is 4.94. The normalized spacial score (nSPS) is 25.0. The number of nitrogens with one attached hydrogen (secondary N) is 2. The summed E-state index contributed by atoms with van der Waals surface area (Å²) in [5.74, 6) is 1.43. The number of rotatable bonds is 8. The Morgan fingerprint density at radius 3 is 2.38 bits per heavy atom. The van der Waals surface area contributed by atoms with Gasteiger partial charge in [0.2, 0.25) is 0 Å². The van der Waals surface area contributed by atoms with Gasteiger partial charge in [0.25, 0.3) is 0 Å². The Morgan fingerprint density at radius 2 is 1.92 bits per heavy atom. The molecule has 3 atom stereocenters. The van der Waals surface area contributed by atoms with Crippen LogP contribution >= 0.6 is 0 Å². The molecule has 6 heteroatoms. The molecule has 1 rings (SSSR count). The van der Waals surface area contributed by atoms with E-state index < -0.39 is 10.8 Å². The van der Waals surface area contributed by atoms with E-state index in [1.165, 1.54) is 0 Å². The van der Waals surface area contributed by atoms with Crippen LogP contribution in [0.15, 0.2) is 4.99 Å². The number of nitrogens with zero attached hydrogens (tertiary/aromatic N) is 1. The van der Waals surface area contributed by atoms with Crippen molar-refractivity contribution < 1.29 is 8.95 Å². The molecule has 2 N–H and O–H groups in total. The maximum absolute atomic E-state index is 12.1. The van der Waals surface area contributed by atoms with Gasteiger partial charge in [0.05, 0.1) is 6.10 Å². The SMILES string of the molecule is CCOC1CC(NC(=NC)NCCS(=O)C(C)(C)C)C1(CC)CC. The van der Waals surface area contributed by atoms with E-state index in [0.717, 1.165) is 31.8 Å². The highest BCUT2D eigenvalue weighted by Gasteiger charge is 2.53. The van der Waals surface area contributed by atoms with E-state index in [1.807, 2.05) is 20.8 Å². The molecule has 0 heterocycles. The summed E-state index contributed by atoms with van der Waals surface area (Å²) in [6.07, 6.45) is 3.54. The Kier molecular flexibility index (Phi) is 8.20. The summed E-state index contributed by atoms with van der Waals surface area (Å²) in [4.78, 5) is 4.33. The van der Waals surface area contributed by atoms with Crippen LogP contribution in [-0.2, 0) is 15.5 Å². The Labute approximate surface area is 150 Å². The number of ether oxygens (including phenoxy) is 1. The molecular formula is C18H37N3O2S. The summed E-state index contributed by atoms with van der Waals surface area (Å²) < 4.78 is 17.9. The molecule has 0 aromatic rings. The van der Waals surface area contributed by atoms with E-state index in [-0.39, 0.29) is 10.2 Å². The van der Waals surface area contributed by atoms with E-state index >= 15 is 0 Å². The monoisotopic (exact) mass is 359 g/mol. The van der Waals surface area contributed by atoms with Crippen LogP contribution in [0.4, 0.5) is 0 Å². The summed E-state index contributed by atoms with van der Waals surface area (Å²) in [6.45, 7) is 14.0. The van der Waals surface area contributed by atoms with Crippen molar-refractivity contribution in [3.05, 3.63) is 0 Å². The number of guanidine groups is 1. The number of aliphatic imine (C=N–C) groups is 1. The van der Waals surface area contributed by atoms with Gasteiger partial charge in [-0.05, 0) is 47.0 Å². The van der Waals surface area contributed by atoms with Crippen LogP contribution in [0.3, 0.4) is 0 Å². The molecule has 142 valence electrons. The molecule has 5 nitrogen and oxygen atoms in total. The molecule has 24 heavy (non-hydrogen) atoms. The Balaban J connectivity index is 2.55. The van der Waals surface area contributed by atoms with Crippen molar-refractivity contribution in [3.63, 3.8) is 0 Å². The molecule has 1 aliphatic rings. The third-order valence-corrected chi connectivity index (χ3v) is 7.21. The zero-order chi connectivity index (χ0) is 18.4. The van der Waals surface area contributed by atoms with Crippen LogP contribution in [0.2, 0.25) is 0 Å². The van der Waals surface area contributed by atoms with Crippen LogP contribution in [0.25, 0.3) is 0 Å². The highest BCUT2D eigenvalue weighted by Crippen LogP contribution is 2.48. The molecule has 0 saturated heterocycles. The second-order valence-corrected chi connectivity index (χ2v) is 9.80. The molecule has 0 radical (unpaired) electrons. The quantitative estimate of drug-likeness (QED) is 0.517. The Morgan fingerprint density at radius 1 is 1.29 bits per heavy atom. The van der Waals surface area contributed by atoms with Crippen molar-refractivity contribution >= 4 is 16.8 Å². The fraction of sp³-hybridized carbons (Fsp3) is 0.944. The molecule has 1 saturated carbocycles. The molecule has 1 aliphatic carbocycles. The fourth-order valence-electron chi connectivity index (χ4n) is 3.51. The lowest BCUT2D eigenvalue weighted by molar-refractivity contribution is -0.133. The Hall–Kier alpha value is -0.620. The molecule has 0 aliphatic heterocycles. The molecule has 1 fully saturated rings. The van der Waals surface area contributed by atoms with Gasteiger partial charge in [0, 0.05) is 53.0 Å². The van der Waals surface area contributed by atoms with Crippen molar-refractivity contribution in [2.75, 3.05) is 26.0 Å². The lowest BCUT2D eigenvalue weighted by Crippen LogP contribution is -2.65. The van der Waals surface area contributed by atoms with Crippen LogP contribution in [-0.4, -0.2) is 53.0 Å². The van der Waals surface area contributed by atoms with Crippen molar-refractivity contribution in [1.29, 1.82) is 0 Å². The lowest BCUT2D eigenvalue weighted by Gasteiger charge is -2.55. The zero-order valence-corrected chi connectivity index (χ0v) is 17.4. The van der Waals surface area contributed by atoms with Gasteiger partial charge in [-0.3, -0.25) is 9.20 Å². The average molecular weight is 360 g/mol. The van der Waals surface area contributed by atoms with E-state index in [1.54, 1.807) is 7.05 Å². The topological polar surface area (TPSA) is 62.7 Å². The first kappa shape index (κ1) is 21.4. The molecule has 0 bridgehead atoms. The molecule has 3 unspecified atom stereocenters. The highest BCUT2D eigenvalue weighted by molar-refractivity contribution is 7.86. The predicted molar refractivity (Wildman–Crippen MR) is 104 cm³/mol. The van der Waals surface area contributed by atoms with E-state index in [2.05, 4.69) is 36.4 Å². The van der Waals surface area contributed by atoms with Gasteiger partial charge >= 0.3 is 0 Å². The van der Waals surface area contributed by atoms with Crippen LogP contribution in [0.1, 0.15) is 60.8 Å². The van der Waals surface area contributed by atoms with Gasteiger partial charge in [-0.15, -0.1) is 0 Å². The summed E-state index contributed by atoms with van der Waals surface area (Å²) in [5.41, 5.74) is 0.182. The first-order valence-electron chi connectivity index (χ1n) is 9.22. The number of hydrogen-bond donors (Lipinski definition) is 2. The second-order valence-electron chi connectivity index (χ2n) is 7.48. The molecule has 0 spiro atoms. The largest absolute Gasteiger partial charge is 0.378 e. The Bertz CT molecular complexity index is 442. The van der Waals surface area contributed by atoms with Crippen LogP contribution in [0, 0.1) is 5.41 Å². The van der Waals surface area contributed by atoms with E-state index in [4.69, 9.17) is 4.74 Å². The van der Waals surface area contributed by atoms with E-state index in [9.17, 15) is 4.21 Å². The third-order valence-electron chi connectivity index (χ3n) is 5.27. The van der Waals surface area contributed by atoms with Crippen molar-refractivity contribution in [2.45, 2.75) is 77.7 Å². The zero-order valence-electron chi connectivity index (χ0n) is 16.6. The molecule has 0 amide bonds. The maximum atomic E-state index is 12.1. The van der Waals surface area contributed by atoms with E-state index in [0.29, 0.717) is 24.4 Å². The summed E-state index contributed by atoms with van der Waals surface area (Å²) in [6, 6.07) is 0.378. The van der Waals surface area contributed by atoms with Gasteiger partial charge in [0.1, 0.15) is 0 Å².